The van der Waals surface area contributed by atoms with E-state index in [9.17, 15) is 5.11 Å². The van der Waals surface area contributed by atoms with Gasteiger partial charge in [-0.05, 0) is 60.9 Å². The smallest absolute Gasteiger partial charge is 0.122 e. The molecule has 4 nitrogen and oxygen atoms in total. The minimum Gasteiger partial charge on any atom is -0.496 e. The summed E-state index contributed by atoms with van der Waals surface area (Å²) in [7, 11) is 1.71. The van der Waals surface area contributed by atoms with E-state index in [-0.39, 0.29) is 18.6 Å². The van der Waals surface area contributed by atoms with Crippen LogP contribution in [0.1, 0.15) is 24.0 Å². The van der Waals surface area contributed by atoms with Gasteiger partial charge in [0.2, 0.25) is 0 Å². The molecule has 3 N–H and O–H groups in total. The van der Waals surface area contributed by atoms with Crippen molar-refractivity contribution in [1.29, 1.82) is 0 Å². The second kappa shape index (κ2) is 8.37. The Balaban J connectivity index is 1.65. The van der Waals surface area contributed by atoms with E-state index < -0.39 is 6.10 Å². The Bertz CT molecular complexity index is 674. The zero-order chi connectivity index (χ0) is 17.6. The molecule has 3 atom stereocenters. The van der Waals surface area contributed by atoms with Gasteiger partial charge in [-0.1, -0.05) is 30.3 Å². The van der Waals surface area contributed by atoms with Gasteiger partial charge < -0.3 is 20.3 Å². The van der Waals surface area contributed by atoms with Gasteiger partial charge in [0.25, 0.3) is 0 Å². The molecule has 1 aliphatic carbocycles. The number of methoxy groups -OCH3 is 1. The molecule has 0 radical (unpaired) electrons. The van der Waals surface area contributed by atoms with Crippen LogP contribution in [-0.4, -0.2) is 31.0 Å². The lowest BCUT2D eigenvalue weighted by Crippen LogP contribution is -2.45. The zero-order valence-corrected chi connectivity index (χ0v) is 14.7. The predicted octanol–water partition coefficient (Wildman–Crippen LogP) is 2.96. The third-order valence-corrected chi connectivity index (χ3v) is 5.09. The Hall–Kier alpha value is -2.04. The van der Waals surface area contributed by atoms with Gasteiger partial charge in [-0.25, -0.2) is 0 Å². The summed E-state index contributed by atoms with van der Waals surface area (Å²) in [5, 5.41) is 10.5. The number of rotatable bonds is 6. The van der Waals surface area contributed by atoms with Crippen molar-refractivity contribution in [2.45, 2.75) is 37.8 Å². The second-order valence-corrected chi connectivity index (χ2v) is 6.72. The average molecular weight is 341 g/mol. The molecule has 134 valence electrons. The number of aliphatic hydroxyl groups excluding tert-OH is 1. The number of aryl methyl sites for hydroxylation is 1. The van der Waals surface area contributed by atoms with Gasteiger partial charge in [-0.3, -0.25) is 0 Å². The maximum absolute atomic E-state index is 10.5. The van der Waals surface area contributed by atoms with Crippen molar-refractivity contribution < 1.29 is 14.6 Å². The molecule has 0 aliphatic heterocycles. The van der Waals surface area contributed by atoms with E-state index in [0.717, 1.165) is 37.2 Å². The van der Waals surface area contributed by atoms with Crippen molar-refractivity contribution in [3.63, 3.8) is 0 Å². The number of ether oxygens (including phenoxy) is 2. The van der Waals surface area contributed by atoms with Gasteiger partial charge in [-0.2, -0.15) is 0 Å². The van der Waals surface area contributed by atoms with E-state index in [1.54, 1.807) is 7.11 Å². The number of hydrogen-bond donors (Lipinski definition) is 2. The predicted molar refractivity (Wildman–Crippen MR) is 99.0 cm³/mol. The quantitative estimate of drug-likeness (QED) is 0.793. The fourth-order valence-corrected chi connectivity index (χ4v) is 3.64. The molecular formula is C21H27NO3. The fraction of sp³-hybridized carbons (Fsp3) is 0.429. The molecule has 25 heavy (non-hydrogen) atoms. The zero-order valence-electron chi connectivity index (χ0n) is 14.7. The second-order valence-electron chi connectivity index (χ2n) is 6.72. The molecule has 2 aromatic carbocycles. The van der Waals surface area contributed by atoms with Crippen molar-refractivity contribution >= 4 is 0 Å². The third-order valence-electron chi connectivity index (χ3n) is 5.09. The number of hydrogen-bond acceptors (Lipinski definition) is 4. The number of aliphatic hydroxyl groups is 1. The number of fused-ring (bicyclic) bond motifs is 1. The Morgan fingerprint density at radius 1 is 1.16 bits per heavy atom. The van der Waals surface area contributed by atoms with E-state index in [1.807, 2.05) is 42.5 Å². The van der Waals surface area contributed by atoms with Gasteiger partial charge in [0.15, 0.2) is 0 Å². The van der Waals surface area contributed by atoms with E-state index in [2.05, 4.69) is 6.07 Å². The Kier molecular flexibility index (Phi) is 5.95. The molecule has 0 saturated heterocycles. The maximum Gasteiger partial charge on any atom is 0.122 e. The fourth-order valence-electron chi connectivity index (χ4n) is 3.64. The van der Waals surface area contributed by atoms with Gasteiger partial charge in [0, 0.05) is 6.04 Å². The van der Waals surface area contributed by atoms with Crippen LogP contribution in [0, 0.1) is 5.92 Å². The Morgan fingerprint density at radius 2 is 1.96 bits per heavy atom. The first-order chi connectivity index (χ1) is 12.2. The summed E-state index contributed by atoms with van der Waals surface area (Å²) in [4.78, 5) is 0. The number of benzene rings is 2. The summed E-state index contributed by atoms with van der Waals surface area (Å²) in [5.41, 5.74) is 8.98. The minimum absolute atomic E-state index is 0.209. The molecule has 1 aliphatic rings. The van der Waals surface area contributed by atoms with Crippen LogP contribution in [0.3, 0.4) is 0 Å². The molecule has 3 rings (SSSR count). The van der Waals surface area contributed by atoms with Crippen molar-refractivity contribution in [3.05, 3.63) is 59.7 Å². The molecule has 2 aromatic rings. The lowest BCUT2D eigenvalue weighted by molar-refractivity contribution is 0.0644. The highest BCUT2D eigenvalue weighted by Crippen LogP contribution is 2.32. The van der Waals surface area contributed by atoms with Crippen LogP contribution in [0.15, 0.2) is 48.5 Å². The normalized spacial score (nSPS) is 19.4. The largest absolute Gasteiger partial charge is 0.496 e. The first-order valence-corrected chi connectivity index (χ1v) is 8.95. The van der Waals surface area contributed by atoms with Crippen molar-refractivity contribution in [3.8, 4) is 11.5 Å². The highest BCUT2D eigenvalue weighted by molar-refractivity contribution is 5.41. The highest BCUT2D eigenvalue weighted by atomic mass is 16.5. The summed E-state index contributed by atoms with van der Waals surface area (Å²) < 4.78 is 11.2. The molecule has 2 unspecified atom stereocenters. The van der Waals surface area contributed by atoms with Crippen LogP contribution in [0.5, 0.6) is 11.5 Å². The first-order valence-electron chi connectivity index (χ1n) is 8.95. The number of para-hydroxylation sites is 1. The maximum atomic E-state index is 10.5. The summed E-state index contributed by atoms with van der Waals surface area (Å²) in [6.45, 7) is 0.209. The van der Waals surface area contributed by atoms with Crippen molar-refractivity contribution in [2.24, 2.45) is 11.7 Å². The highest BCUT2D eigenvalue weighted by Gasteiger charge is 2.29. The molecule has 4 heteroatoms. The summed E-state index contributed by atoms with van der Waals surface area (Å²) in [6, 6.07) is 15.4. The van der Waals surface area contributed by atoms with E-state index in [4.69, 9.17) is 15.2 Å². The summed E-state index contributed by atoms with van der Waals surface area (Å²) >= 11 is 0. The van der Waals surface area contributed by atoms with Crippen molar-refractivity contribution in [1.82, 2.24) is 0 Å². The standard InChI is InChI=1S/C21H27NO3/c1-24-20-12-6-8-15-7-5-9-16(13-18(15)20)21(22)19(23)14-25-17-10-3-2-4-11-17/h2-4,6,8,10-12,16,19,21,23H,5,7,9,13-14,22H2,1H3/t16?,19-,21?/m1/s1. The van der Waals surface area contributed by atoms with E-state index in [1.165, 1.54) is 11.1 Å². The molecule has 0 fully saturated rings. The molecule has 0 bridgehead atoms. The first kappa shape index (κ1) is 17.8. The van der Waals surface area contributed by atoms with Gasteiger partial charge in [0.05, 0.1) is 7.11 Å². The Labute approximate surface area is 149 Å². The molecule has 0 spiro atoms. The molecule has 0 heterocycles. The van der Waals surface area contributed by atoms with Crippen molar-refractivity contribution in [2.75, 3.05) is 13.7 Å². The van der Waals surface area contributed by atoms with Crippen LogP contribution in [-0.2, 0) is 12.8 Å². The lowest BCUT2D eigenvalue weighted by atomic mass is 9.87. The SMILES string of the molecule is COc1cccc2c1CC(C(N)[C@H](O)COc1ccccc1)CCC2. The van der Waals surface area contributed by atoms with Crippen LogP contribution in [0.25, 0.3) is 0 Å². The summed E-state index contributed by atoms with van der Waals surface area (Å²) in [5.74, 6) is 1.89. The van der Waals surface area contributed by atoms with Crippen LogP contribution in [0.2, 0.25) is 0 Å². The number of nitrogens with two attached hydrogens (primary N) is 1. The summed E-state index contributed by atoms with van der Waals surface area (Å²) in [6.07, 6.45) is 3.25. The van der Waals surface area contributed by atoms with E-state index >= 15 is 0 Å². The molecule has 0 saturated carbocycles. The van der Waals surface area contributed by atoms with Crippen LogP contribution >= 0.6 is 0 Å². The lowest BCUT2D eigenvalue weighted by Gasteiger charge is -2.27. The van der Waals surface area contributed by atoms with E-state index in [0.29, 0.717) is 0 Å². The topological polar surface area (TPSA) is 64.7 Å². The third kappa shape index (κ3) is 4.33. The molecule has 0 amide bonds. The molecular weight excluding hydrogens is 314 g/mol. The van der Waals surface area contributed by atoms with Gasteiger partial charge in [-0.15, -0.1) is 0 Å². The van der Waals surface area contributed by atoms with Gasteiger partial charge in [0.1, 0.15) is 24.2 Å². The minimum atomic E-state index is -0.693. The molecule has 0 aromatic heterocycles. The van der Waals surface area contributed by atoms with Gasteiger partial charge >= 0.3 is 0 Å². The Morgan fingerprint density at radius 3 is 2.72 bits per heavy atom. The van der Waals surface area contributed by atoms with Crippen LogP contribution in [0.4, 0.5) is 0 Å². The average Bonchev–Trinajstić information content (AvgIpc) is 2.88. The monoisotopic (exact) mass is 341 g/mol. The van der Waals surface area contributed by atoms with Crippen LogP contribution < -0.4 is 15.2 Å².